The fourth-order valence-electron chi connectivity index (χ4n) is 4.23. The molecule has 0 radical (unpaired) electrons. The number of anilines is 2. The molecule has 0 aliphatic carbocycles. The molecule has 208 valence electrons. The van der Waals surface area contributed by atoms with Gasteiger partial charge in [0.25, 0.3) is 0 Å². The van der Waals surface area contributed by atoms with Crippen LogP contribution >= 0.6 is 23.1 Å². The minimum Gasteiger partial charge on any atom is -0.378 e. The molecule has 0 fully saturated rings. The first-order valence-electron chi connectivity index (χ1n) is 13.1. The molecule has 10 heteroatoms. The summed E-state index contributed by atoms with van der Waals surface area (Å²) < 4.78 is 0. The molecule has 1 atom stereocenters. The summed E-state index contributed by atoms with van der Waals surface area (Å²) in [5.41, 5.74) is 5.27. The lowest BCUT2D eigenvalue weighted by molar-refractivity contribution is -0.137. The largest absolute Gasteiger partial charge is 0.378 e. The smallest absolute Gasteiger partial charge is 0.247 e. The summed E-state index contributed by atoms with van der Waals surface area (Å²) in [5.74, 6) is -0.295. The van der Waals surface area contributed by atoms with E-state index in [-0.39, 0.29) is 24.1 Å². The SMILES string of the molecule is CCC(C(=O)Nc1ccc(N(C)C)cc1)N(Cc1nc(-c2ccccc2)cs1)C(=O)CSc1nc(C)cc(C)n1. The Kier molecular flexibility index (Phi) is 9.89. The maximum Gasteiger partial charge on any atom is 0.247 e. The van der Waals surface area contributed by atoms with Crippen molar-refractivity contribution in [1.29, 1.82) is 0 Å². The van der Waals surface area contributed by atoms with E-state index >= 15 is 0 Å². The van der Waals surface area contributed by atoms with Crippen LogP contribution in [0, 0.1) is 13.8 Å². The fraction of sp³-hybridized carbons (Fsp3) is 0.300. The molecular weight excluding hydrogens is 541 g/mol. The molecule has 40 heavy (non-hydrogen) atoms. The molecule has 0 spiro atoms. The summed E-state index contributed by atoms with van der Waals surface area (Å²) in [6, 6.07) is 18.8. The van der Waals surface area contributed by atoms with Gasteiger partial charge in [-0.1, -0.05) is 49.0 Å². The number of nitrogens with zero attached hydrogens (tertiary/aromatic N) is 5. The summed E-state index contributed by atoms with van der Waals surface area (Å²) in [6.07, 6.45) is 0.453. The minimum atomic E-state index is -0.675. The molecule has 8 nitrogen and oxygen atoms in total. The summed E-state index contributed by atoms with van der Waals surface area (Å²) in [7, 11) is 3.93. The highest BCUT2D eigenvalue weighted by atomic mass is 32.2. The number of benzene rings is 2. The molecule has 0 aliphatic rings. The monoisotopic (exact) mass is 574 g/mol. The highest BCUT2D eigenvalue weighted by Crippen LogP contribution is 2.25. The zero-order valence-electron chi connectivity index (χ0n) is 23.4. The molecule has 2 aromatic heterocycles. The molecule has 2 amide bonds. The van der Waals surface area contributed by atoms with Gasteiger partial charge in [-0.3, -0.25) is 9.59 Å². The van der Waals surface area contributed by atoms with E-state index in [9.17, 15) is 9.59 Å². The van der Waals surface area contributed by atoms with Crippen molar-refractivity contribution in [2.75, 3.05) is 30.1 Å². The molecule has 2 heterocycles. The van der Waals surface area contributed by atoms with Crippen LogP contribution in [0.3, 0.4) is 0 Å². The lowest BCUT2D eigenvalue weighted by Crippen LogP contribution is -2.47. The first-order valence-corrected chi connectivity index (χ1v) is 14.9. The lowest BCUT2D eigenvalue weighted by Gasteiger charge is -2.29. The summed E-state index contributed by atoms with van der Waals surface area (Å²) in [6.45, 7) is 5.96. The average Bonchev–Trinajstić information content (AvgIpc) is 3.40. The highest BCUT2D eigenvalue weighted by Gasteiger charge is 2.30. The van der Waals surface area contributed by atoms with E-state index in [2.05, 4.69) is 15.3 Å². The van der Waals surface area contributed by atoms with Crippen LogP contribution in [0.4, 0.5) is 11.4 Å². The van der Waals surface area contributed by atoms with Crippen LogP contribution < -0.4 is 10.2 Å². The van der Waals surface area contributed by atoms with Crippen LogP contribution in [-0.2, 0) is 16.1 Å². The van der Waals surface area contributed by atoms with Crippen LogP contribution in [-0.4, -0.2) is 57.6 Å². The molecule has 0 bridgehead atoms. The first-order chi connectivity index (χ1) is 19.2. The van der Waals surface area contributed by atoms with Crippen LogP contribution in [0.5, 0.6) is 0 Å². The normalized spacial score (nSPS) is 11.6. The number of aryl methyl sites for hydroxylation is 2. The van der Waals surface area contributed by atoms with E-state index in [1.807, 2.05) is 106 Å². The molecule has 0 saturated carbocycles. The van der Waals surface area contributed by atoms with Crippen molar-refractivity contribution in [3.8, 4) is 11.3 Å². The van der Waals surface area contributed by atoms with Gasteiger partial charge in [-0.05, 0) is 50.6 Å². The Balaban J connectivity index is 1.56. The third-order valence-electron chi connectivity index (χ3n) is 6.25. The second-order valence-corrected chi connectivity index (χ2v) is 11.5. The second-order valence-electron chi connectivity index (χ2n) is 9.59. The predicted octanol–water partition coefficient (Wildman–Crippen LogP) is 5.82. The Labute approximate surface area is 243 Å². The summed E-state index contributed by atoms with van der Waals surface area (Å²) in [4.78, 5) is 44.5. The molecule has 1 N–H and O–H groups in total. The van der Waals surface area contributed by atoms with Gasteiger partial charge in [-0.2, -0.15) is 0 Å². The Hall–Kier alpha value is -3.76. The second kappa shape index (κ2) is 13.5. The molecule has 0 saturated heterocycles. The Bertz CT molecular complexity index is 1420. The number of nitrogens with one attached hydrogen (secondary N) is 1. The van der Waals surface area contributed by atoms with Crippen molar-refractivity contribution in [1.82, 2.24) is 19.9 Å². The van der Waals surface area contributed by atoms with Crippen LogP contribution in [0.2, 0.25) is 0 Å². The van der Waals surface area contributed by atoms with Gasteiger partial charge in [-0.15, -0.1) is 11.3 Å². The molecule has 2 aromatic carbocycles. The number of carbonyl (C=O) groups is 2. The topological polar surface area (TPSA) is 91.3 Å². The van der Waals surface area contributed by atoms with Crippen molar-refractivity contribution in [3.63, 3.8) is 0 Å². The third-order valence-corrected chi connectivity index (χ3v) is 7.92. The number of rotatable bonds is 11. The van der Waals surface area contributed by atoms with Crippen LogP contribution in [0.25, 0.3) is 11.3 Å². The number of carbonyl (C=O) groups excluding carboxylic acids is 2. The zero-order valence-corrected chi connectivity index (χ0v) is 25.1. The van der Waals surface area contributed by atoms with E-state index in [0.717, 1.165) is 33.3 Å². The van der Waals surface area contributed by atoms with Crippen molar-refractivity contribution in [2.45, 2.75) is 44.9 Å². The number of thiazole rings is 1. The lowest BCUT2D eigenvalue weighted by atomic mass is 10.1. The molecule has 0 aliphatic heterocycles. The quantitative estimate of drug-likeness (QED) is 0.178. The standard InChI is InChI=1S/C30H34N6O2S2/c1-6-26(29(38)33-23-12-14-24(15-13-23)35(4)5)36(28(37)19-40-30-31-20(2)16-21(3)32-30)17-27-34-25(18-39-27)22-10-8-7-9-11-22/h7-16,18,26H,6,17,19H2,1-5H3,(H,33,38). The summed E-state index contributed by atoms with van der Waals surface area (Å²) in [5, 5.41) is 6.30. The van der Waals surface area contributed by atoms with Gasteiger partial charge in [0.05, 0.1) is 18.0 Å². The van der Waals surface area contributed by atoms with E-state index in [1.54, 1.807) is 4.90 Å². The van der Waals surface area contributed by atoms with E-state index in [4.69, 9.17) is 4.98 Å². The van der Waals surface area contributed by atoms with Crippen LogP contribution in [0.1, 0.15) is 29.7 Å². The van der Waals surface area contributed by atoms with E-state index in [0.29, 0.717) is 17.3 Å². The Morgan fingerprint density at radius 2 is 1.65 bits per heavy atom. The van der Waals surface area contributed by atoms with Crippen LogP contribution in [0.15, 0.2) is 71.2 Å². The van der Waals surface area contributed by atoms with Gasteiger partial charge in [0.2, 0.25) is 11.8 Å². The van der Waals surface area contributed by atoms with Gasteiger partial charge >= 0.3 is 0 Å². The number of aromatic nitrogens is 3. The maximum atomic E-state index is 13.7. The maximum absolute atomic E-state index is 13.7. The molecule has 4 aromatic rings. The van der Waals surface area contributed by atoms with Crippen molar-refractivity contribution in [2.24, 2.45) is 0 Å². The van der Waals surface area contributed by atoms with Gasteiger partial charge < -0.3 is 15.1 Å². The van der Waals surface area contributed by atoms with Gasteiger partial charge in [0, 0.05) is 47.8 Å². The number of hydrogen-bond acceptors (Lipinski definition) is 8. The minimum absolute atomic E-state index is 0.112. The number of hydrogen-bond donors (Lipinski definition) is 1. The highest BCUT2D eigenvalue weighted by molar-refractivity contribution is 7.99. The summed E-state index contributed by atoms with van der Waals surface area (Å²) >= 11 is 2.76. The molecule has 1 unspecified atom stereocenters. The third kappa shape index (κ3) is 7.67. The van der Waals surface area contributed by atoms with E-state index < -0.39 is 6.04 Å². The van der Waals surface area contributed by atoms with Crippen molar-refractivity contribution >= 4 is 46.3 Å². The fourth-order valence-corrected chi connectivity index (χ4v) is 5.86. The van der Waals surface area contributed by atoms with Gasteiger partial charge in [0.1, 0.15) is 11.0 Å². The van der Waals surface area contributed by atoms with Gasteiger partial charge in [0.15, 0.2) is 5.16 Å². The molecular formula is C30H34N6O2S2. The Morgan fingerprint density at radius 3 is 2.27 bits per heavy atom. The molecule has 4 rings (SSSR count). The average molecular weight is 575 g/mol. The predicted molar refractivity (Wildman–Crippen MR) is 164 cm³/mol. The zero-order chi connectivity index (χ0) is 28.6. The van der Waals surface area contributed by atoms with Crippen molar-refractivity contribution < 1.29 is 9.59 Å². The number of thioether (sulfide) groups is 1. The Morgan fingerprint density at radius 1 is 0.975 bits per heavy atom. The van der Waals surface area contributed by atoms with E-state index in [1.165, 1.54) is 23.1 Å². The van der Waals surface area contributed by atoms with Gasteiger partial charge in [-0.25, -0.2) is 15.0 Å². The number of amides is 2. The first kappa shape index (κ1) is 29.2. The van der Waals surface area contributed by atoms with Crippen molar-refractivity contribution in [3.05, 3.63) is 82.4 Å².